The van der Waals surface area contributed by atoms with Gasteiger partial charge in [-0.2, -0.15) is 0 Å². The first-order valence-electron chi connectivity index (χ1n) is 6.27. The maximum Gasteiger partial charge on any atom is 0.252 e. The van der Waals surface area contributed by atoms with Gasteiger partial charge in [-0.1, -0.05) is 45.7 Å². The third-order valence-corrected chi connectivity index (χ3v) is 6.20. The van der Waals surface area contributed by atoms with E-state index in [4.69, 9.17) is 0 Å². The van der Waals surface area contributed by atoms with Crippen LogP contribution in [0, 0.1) is 8.99 Å². The lowest BCUT2D eigenvalue weighted by atomic mass is 9.84. The van der Waals surface area contributed by atoms with Gasteiger partial charge in [0.2, 0.25) is 0 Å². The van der Waals surface area contributed by atoms with E-state index in [0.717, 1.165) is 31.8 Å². The Bertz CT molecular complexity index is 439. The third kappa shape index (κ3) is 4.70. The quantitative estimate of drug-likeness (QED) is 0.431. The molecule has 0 spiro atoms. The van der Waals surface area contributed by atoms with Crippen LogP contribution in [0.3, 0.4) is 0 Å². The van der Waals surface area contributed by atoms with Crippen LogP contribution >= 0.6 is 54.5 Å². The molecule has 1 amide bonds. The number of rotatable bonds is 6. The molecule has 0 fully saturated rings. The molecule has 0 aromatic heterocycles. The van der Waals surface area contributed by atoms with Crippen molar-refractivity contribution in [3.05, 3.63) is 31.8 Å². The molecule has 0 unspecified atom stereocenters. The summed E-state index contributed by atoms with van der Waals surface area (Å²) in [5.74, 6) is -0.00192. The minimum Gasteiger partial charge on any atom is -0.351 e. The highest BCUT2D eigenvalue weighted by Gasteiger charge is 2.25. The first kappa shape index (κ1) is 17.4. The number of halogens is 3. The molecule has 0 heterocycles. The van der Waals surface area contributed by atoms with Gasteiger partial charge in [0.05, 0.1) is 5.56 Å². The molecule has 0 bridgehead atoms. The predicted octanol–water partition coefficient (Wildman–Crippen LogP) is 4.98. The number of carbonyl (C=O) groups excluding carboxylic acids is 1. The molecule has 1 aromatic carbocycles. The Labute approximate surface area is 145 Å². The van der Waals surface area contributed by atoms with E-state index in [2.05, 4.69) is 73.6 Å². The van der Waals surface area contributed by atoms with Crippen LogP contribution < -0.4 is 5.32 Å². The monoisotopic (exact) mass is 501 g/mol. The highest BCUT2D eigenvalue weighted by atomic mass is 127. The molecule has 1 N–H and O–H groups in total. The summed E-state index contributed by atoms with van der Waals surface area (Å²) in [4.78, 5) is 12.3. The van der Waals surface area contributed by atoms with Crippen molar-refractivity contribution in [2.75, 3.05) is 11.9 Å². The topological polar surface area (TPSA) is 29.1 Å². The Morgan fingerprint density at radius 3 is 2.53 bits per heavy atom. The first-order chi connectivity index (χ1) is 8.98. The second kappa shape index (κ2) is 7.98. The second-order valence-electron chi connectivity index (χ2n) is 4.65. The van der Waals surface area contributed by atoms with E-state index in [1.807, 2.05) is 18.2 Å². The van der Waals surface area contributed by atoms with E-state index in [1.165, 1.54) is 0 Å². The normalized spacial score (nSPS) is 11.4. The molecule has 0 aliphatic heterocycles. The van der Waals surface area contributed by atoms with Gasteiger partial charge in [0.25, 0.3) is 5.91 Å². The number of alkyl halides is 1. The van der Waals surface area contributed by atoms with Gasteiger partial charge in [-0.25, -0.2) is 0 Å². The zero-order valence-electron chi connectivity index (χ0n) is 11.1. The van der Waals surface area contributed by atoms with Gasteiger partial charge in [-0.15, -0.1) is 0 Å². The molecule has 0 atom stereocenters. The number of hydrogen-bond acceptors (Lipinski definition) is 1. The summed E-state index contributed by atoms with van der Waals surface area (Å²) in [5.41, 5.74) is 0.873. The van der Waals surface area contributed by atoms with Crippen LogP contribution in [0.25, 0.3) is 0 Å². The summed E-state index contributed by atoms with van der Waals surface area (Å²) in [7, 11) is 0. The molecular weight excluding hydrogens is 485 g/mol. The maximum absolute atomic E-state index is 12.3. The van der Waals surface area contributed by atoms with Crippen LogP contribution in [0.4, 0.5) is 0 Å². The number of nitrogens with one attached hydrogen (secondary N) is 1. The van der Waals surface area contributed by atoms with Crippen molar-refractivity contribution in [2.24, 2.45) is 5.41 Å². The predicted molar refractivity (Wildman–Crippen MR) is 96.0 cm³/mol. The highest BCUT2D eigenvalue weighted by Crippen LogP contribution is 2.28. The van der Waals surface area contributed by atoms with Crippen LogP contribution in [0.1, 0.15) is 37.0 Å². The lowest BCUT2D eigenvalue weighted by molar-refractivity contribution is 0.0931. The van der Waals surface area contributed by atoms with Crippen molar-refractivity contribution < 1.29 is 4.79 Å². The molecule has 1 aromatic rings. The van der Waals surface area contributed by atoms with Gasteiger partial charge in [0.15, 0.2) is 0 Å². The van der Waals surface area contributed by atoms with Crippen molar-refractivity contribution >= 4 is 60.4 Å². The summed E-state index contributed by atoms with van der Waals surface area (Å²) in [6.45, 7) is 5.03. The van der Waals surface area contributed by atoms with Crippen molar-refractivity contribution in [1.82, 2.24) is 5.32 Å². The molecule has 0 radical (unpaired) electrons. The Morgan fingerprint density at radius 1 is 1.37 bits per heavy atom. The number of carbonyl (C=O) groups is 1. The molecular formula is C14H18Br2INO. The Hall–Kier alpha value is 0.380. The summed E-state index contributed by atoms with van der Waals surface area (Å²) in [6, 6.07) is 5.75. The van der Waals surface area contributed by atoms with E-state index in [0.29, 0.717) is 6.54 Å². The van der Waals surface area contributed by atoms with Gasteiger partial charge in [0, 0.05) is 19.9 Å². The van der Waals surface area contributed by atoms with Gasteiger partial charge >= 0.3 is 0 Å². The van der Waals surface area contributed by atoms with Crippen molar-refractivity contribution in [1.29, 1.82) is 0 Å². The Morgan fingerprint density at radius 2 is 2.00 bits per heavy atom. The average molecular weight is 503 g/mol. The van der Waals surface area contributed by atoms with Crippen LogP contribution in [-0.4, -0.2) is 17.8 Å². The molecule has 5 heteroatoms. The summed E-state index contributed by atoms with van der Waals surface area (Å²) in [5, 5.41) is 3.97. The lowest BCUT2D eigenvalue weighted by Crippen LogP contribution is -2.38. The lowest BCUT2D eigenvalue weighted by Gasteiger charge is -2.29. The van der Waals surface area contributed by atoms with E-state index in [-0.39, 0.29) is 11.3 Å². The molecule has 0 aliphatic carbocycles. The fraction of sp³-hybridized carbons (Fsp3) is 0.500. The maximum atomic E-state index is 12.3. The van der Waals surface area contributed by atoms with Crippen molar-refractivity contribution in [2.45, 2.75) is 26.7 Å². The molecule has 19 heavy (non-hydrogen) atoms. The van der Waals surface area contributed by atoms with E-state index < -0.39 is 0 Å². The minimum absolute atomic E-state index is 0.00192. The number of amides is 1. The Kier molecular flexibility index (Phi) is 7.32. The standard InChI is InChI=1S/C14H18Br2INO/c1-3-14(4-2,8-15)9-18-13(19)11-7-10(16)5-6-12(11)17/h5-7H,3-4,8-9H2,1-2H3,(H,18,19). The molecule has 0 aliphatic rings. The van der Waals surface area contributed by atoms with Crippen molar-refractivity contribution in [3.8, 4) is 0 Å². The third-order valence-electron chi connectivity index (χ3n) is 3.58. The fourth-order valence-corrected chi connectivity index (χ4v) is 3.70. The van der Waals surface area contributed by atoms with Gasteiger partial charge in [-0.05, 0) is 59.0 Å². The average Bonchev–Trinajstić information content (AvgIpc) is 2.43. The number of hydrogen-bond donors (Lipinski definition) is 1. The molecule has 0 saturated heterocycles. The van der Waals surface area contributed by atoms with E-state index in [1.54, 1.807) is 0 Å². The van der Waals surface area contributed by atoms with Gasteiger partial charge < -0.3 is 5.32 Å². The van der Waals surface area contributed by atoms with Crippen LogP contribution in [0.15, 0.2) is 22.7 Å². The van der Waals surface area contributed by atoms with Crippen LogP contribution in [0.5, 0.6) is 0 Å². The largest absolute Gasteiger partial charge is 0.351 e. The van der Waals surface area contributed by atoms with Gasteiger partial charge in [-0.3, -0.25) is 4.79 Å². The second-order valence-corrected chi connectivity index (χ2v) is 7.29. The first-order valence-corrected chi connectivity index (χ1v) is 9.26. The van der Waals surface area contributed by atoms with E-state index >= 15 is 0 Å². The summed E-state index contributed by atoms with van der Waals surface area (Å²) >= 11 is 9.16. The zero-order chi connectivity index (χ0) is 14.5. The van der Waals surface area contributed by atoms with Crippen LogP contribution in [-0.2, 0) is 0 Å². The van der Waals surface area contributed by atoms with Crippen molar-refractivity contribution in [3.63, 3.8) is 0 Å². The fourth-order valence-electron chi connectivity index (χ4n) is 1.77. The van der Waals surface area contributed by atoms with E-state index in [9.17, 15) is 4.79 Å². The molecule has 0 saturated carbocycles. The molecule has 106 valence electrons. The highest BCUT2D eigenvalue weighted by molar-refractivity contribution is 14.1. The SMILES string of the molecule is CCC(CC)(CBr)CNC(=O)c1cc(Br)ccc1I. The summed E-state index contributed by atoms with van der Waals surface area (Å²) in [6.07, 6.45) is 2.09. The Balaban J connectivity index is 2.77. The number of benzene rings is 1. The smallest absolute Gasteiger partial charge is 0.252 e. The van der Waals surface area contributed by atoms with Gasteiger partial charge in [0.1, 0.15) is 0 Å². The van der Waals surface area contributed by atoms with Crippen LogP contribution in [0.2, 0.25) is 0 Å². The zero-order valence-corrected chi connectivity index (χ0v) is 16.4. The summed E-state index contributed by atoms with van der Waals surface area (Å²) < 4.78 is 1.89. The molecule has 1 rings (SSSR count). The minimum atomic E-state index is -0.00192. The molecule has 2 nitrogen and oxygen atoms in total.